The largest absolute Gasteiger partial charge is 0.361 e. The zero-order valence-electron chi connectivity index (χ0n) is 14.1. The van der Waals surface area contributed by atoms with Crippen molar-refractivity contribution in [2.24, 2.45) is 0 Å². The minimum atomic E-state index is 0.809. The van der Waals surface area contributed by atoms with E-state index in [1.54, 1.807) is 0 Å². The van der Waals surface area contributed by atoms with Crippen molar-refractivity contribution in [1.82, 2.24) is 14.7 Å². The van der Waals surface area contributed by atoms with Crippen LogP contribution in [-0.2, 0) is 6.54 Å². The number of aryl methyl sites for hydroxylation is 3. The molecule has 2 heterocycles. The smallest absolute Gasteiger partial charge is 0.141 e. The molecule has 4 nitrogen and oxygen atoms in total. The van der Waals surface area contributed by atoms with Gasteiger partial charge in [-0.1, -0.05) is 41.1 Å². The van der Waals surface area contributed by atoms with E-state index in [9.17, 15) is 0 Å². The number of benzene rings is 2. The van der Waals surface area contributed by atoms with E-state index in [1.165, 1.54) is 11.1 Å². The molecule has 0 aliphatic carbocycles. The average Bonchev–Trinajstić information content (AvgIpc) is 3.11. The first-order chi connectivity index (χ1) is 11.6. The maximum absolute atomic E-state index is 5.31. The molecule has 0 bridgehead atoms. The van der Waals surface area contributed by atoms with Crippen LogP contribution in [0.5, 0.6) is 0 Å². The minimum absolute atomic E-state index is 0.809. The Bertz CT molecular complexity index is 1010. The maximum Gasteiger partial charge on any atom is 0.141 e. The molecule has 0 radical (unpaired) electrons. The van der Waals surface area contributed by atoms with Crippen molar-refractivity contribution >= 4 is 11.0 Å². The summed E-state index contributed by atoms with van der Waals surface area (Å²) < 4.78 is 7.50. The summed E-state index contributed by atoms with van der Waals surface area (Å²) >= 11 is 0. The van der Waals surface area contributed by atoms with Gasteiger partial charge in [-0.25, -0.2) is 4.98 Å². The third-order valence-electron chi connectivity index (χ3n) is 4.38. The molecule has 2 aromatic heterocycles. The van der Waals surface area contributed by atoms with E-state index >= 15 is 0 Å². The van der Waals surface area contributed by atoms with E-state index in [4.69, 9.17) is 4.52 Å². The minimum Gasteiger partial charge on any atom is -0.361 e. The number of imidazole rings is 1. The van der Waals surface area contributed by atoms with Gasteiger partial charge in [-0.3, -0.25) is 0 Å². The van der Waals surface area contributed by atoms with Gasteiger partial charge in [0.15, 0.2) is 0 Å². The Morgan fingerprint density at radius 1 is 1.04 bits per heavy atom. The fraction of sp³-hybridized carbons (Fsp3) is 0.200. The van der Waals surface area contributed by atoms with Gasteiger partial charge in [-0.2, -0.15) is 0 Å². The zero-order chi connectivity index (χ0) is 16.7. The van der Waals surface area contributed by atoms with Crippen molar-refractivity contribution in [2.75, 3.05) is 0 Å². The molecular weight excluding hydrogens is 298 g/mol. The van der Waals surface area contributed by atoms with Gasteiger partial charge in [-0.05, 0) is 44.0 Å². The van der Waals surface area contributed by atoms with Crippen LogP contribution in [-0.4, -0.2) is 14.7 Å². The van der Waals surface area contributed by atoms with Crippen LogP contribution < -0.4 is 0 Å². The molecule has 0 saturated heterocycles. The highest BCUT2D eigenvalue weighted by atomic mass is 16.5. The van der Waals surface area contributed by atoms with Gasteiger partial charge < -0.3 is 9.09 Å². The quantitative estimate of drug-likeness (QED) is 0.552. The van der Waals surface area contributed by atoms with Gasteiger partial charge in [0, 0.05) is 12.1 Å². The normalized spacial score (nSPS) is 11.3. The average molecular weight is 317 g/mol. The molecule has 4 aromatic rings. The lowest BCUT2D eigenvalue weighted by atomic mass is 10.0. The summed E-state index contributed by atoms with van der Waals surface area (Å²) in [7, 11) is 0. The summed E-state index contributed by atoms with van der Waals surface area (Å²) in [5.74, 6) is 0.844. The van der Waals surface area contributed by atoms with Crippen LogP contribution in [0.2, 0.25) is 0 Å². The molecule has 0 saturated carbocycles. The standard InChI is InChI=1S/C20H19N3O/c1-13-5-4-6-16(9-13)11-23-12-21-18-8-7-17(10-19(18)23)20-14(2)22-24-15(20)3/h4-10,12H,11H2,1-3H3. The third kappa shape index (κ3) is 2.50. The Hall–Kier alpha value is -2.88. The van der Waals surface area contributed by atoms with Crippen molar-refractivity contribution in [3.63, 3.8) is 0 Å². The fourth-order valence-electron chi connectivity index (χ4n) is 3.24. The van der Waals surface area contributed by atoms with Crippen LogP contribution in [0.1, 0.15) is 22.6 Å². The molecule has 0 atom stereocenters. The molecule has 24 heavy (non-hydrogen) atoms. The summed E-state index contributed by atoms with van der Waals surface area (Å²) in [6.07, 6.45) is 1.91. The number of nitrogens with zero attached hydrogens (tertiary/aromatic N) is 3. The Labute approximate surface area is 140 Å². The number of rotatable bonds is 3. The van der Waals surface area contributed by atoms with Crippen LogP contribution in [0, 0.1) is 20.8 Å². The SMILES string of the molecule is Cc1cccc(Cn2cnc3ccc(-c4c(C)noc4C)cc32)c1. The molecule has 0 aliphatic heterocycles. The molecule has 0 fully saturated rings. The highest BCUT2D eigenvalue weighted by Gasteiger charge is 2.13. The summed E-state index contributed by atoms with van der Waals surface area (Å²) in [5, 5.41) is 4.06. The van der Waals surface area contributed by atoms with E-state index in [0.717, 1.165) is 40.2 Å². The lowest BCUT2D eigenvalue weighted by Gasteiger charge is -2.07. The molecule has 2 aromatic carbocycles. The first-order valence-electron chi connectivity index (χ1n) is 8.05. The third-order valence-corrected chi connectivity index (χ3v) is 4.38. The monoisotopic (exact) mass is 317 g/mol. The van der Waals surface area contributed by atoms with Crippen molar-refractivity contribution in [1.29, 1.82) is 0 Å². The molecular formula is C20H19N3O. The van der Waals surface area contributed by atoms with Crippen molar-refractivity contribution in [3.05, 3.63) is 71.4 Å². The molecule has 0 spiro atoms. The Morgan fingerprint density at radius 3 is 2.67 bits per heavy atom. The second-order valence-electron chi connectivity index (χ2n) is 6.26. The van der Waals surface area contributed by atoms with E-state index < -0.39 is 0 Å². The Morgan fingerprint density at radius 2 is 1.92 bits per heavy atom. The number of fused-ring (bicyclic) bond motifs is 1. The summed E-state index contributed by atoms with van der Waals surface area (Å²) in [4.78, 5) is 4.53. The van der Waals surface area contributed by atoms with E-state index in [0.29, 0.717) is 0 Å². The predicted molar refractivity (Wildman–Crippen MR) is 95.0 cm³/mol. The zero-order valence-corrected chi connectivity index (χ0v) is 14.1. The van der Waals surface area contributed by atoms with Crippen LogP contribution in [0.25, 0.3) is 22.2 Å². The van der Waals surface area contributed by atoms with Gasteiger partial charge >= 0.3 is 0 Å². The second kappa shape index (κ2) is 5.64. The van der Waals surface area contributed by atoms with E-state index in [-0.39, 0.29) is 0 Å². The van der Waals surface area contributed by atoms with Gasteiger partial charge in [0.2, 0.25) is 0 Å². The van der Waals surface area contributed by atoms with Gasteiger partial charge in [-0.15, -0.1) is 0 Å². The molecule has 4 heteroatoms. The molecule has 120 valence electrons. The fourth-order valence-corrected chi connectivity index (χ4v) is 3.24. The lowest BCUT2D eigenvalue weighted by molar-refractivity contribution is 0.393. The molecule has 0 N–H and O–H groups in total. The van der Waals surface area contributed by atoms with Crippen LogP contribution in [0.15, 0.2) is 53.3 Å². The molecule has 4 rings (SSSR count). The van der Waals surface area contributed by atoms with E-state index in [1.807, 2.05) is 20.2 Å². The number of aromatic nitrogens is 3. The van der Waals surface area contributed by atoms with Gasteiger partial charge in [0.05, 0.1) is 23.1 Å². The first kappa shape index (κ1) is 14.7. The predicted octanol–water partition coefficient (Wildman–Crippen LogP) is 4.66. The van der Waals surface area contributed by atoms with Crippen molar-refractivity contribution < 1.29 is 4.52 Å². The molecule has 0 unspecified atom stereocenters. The number of hydrogen-bond acceptors (Lipinski definition) is 3. The number of hydrogen-bond donors (Lipinski definition) is 0. The van der Waals surface area contributed by atoms with Crippen molar-refractivity contribution in [3.8, 4) is 11.1 Å². The van der Waals surface area contributed by atoms with Gasteiger partial charge in [0.1, 0.15) is 5.76 Å². The lowest BCUT2D eigenvalue weighted by Crippen LogP contribution is -1.98. The topological polar surface area (TPSA) is 43.9 Å². The summed E-state index contributed by atoms with van der Waals surface area (Å²) in [6, 6.07) is 14.9. The van der Waals surface area contributed by atoms with E-state index in [2.05, 4.69) is 64.1 Å². The second-order valence-corrected chi connectivity index (χ2v) is 6.26. The van der Waals surface area contributed by atoms with Crippen LogP contribution >= 0.6 is 0 Å². The Balaban J connectivity index is 1.79. The summed E-state index contributed by atoms with van der Waals surface area (Å²) in [5.41, 5.74) is 7.76. The van der Waals surface area contributed by atoms with Crippen LogP contribution in [0.4, 0.5) is 0 Å². The molecule has 0 aliphatic rings. The van der Waals surface area contributed by atoms with Crippen LogP contribution in [0.3, 0.4) is 0 Å². The Kier molecular flexibility index (Phi) is 3.45. The highest BCUT2D eigenvalue weighted by molar-refractivity contribution is 5.83. The molecule has 0 amide bonds. The van der Waals surface area contributed by atoms with Crippen molar-refractivity contribution in [2.45, 2.75) is 27.3 Å². The maximum atomic E-state index is 5.31. The summed E-state index contributed by atoms with van der Waals surface area (Å²) in [6.45, 7) is 6.85. The highest BCUT2D eigenvalue weighted by Crippen LogP contribution is 2.29. The van der Waals surface area contributed by atoms with Gasteiger partial charge in [0.25, 0.3) is 0 Å². The first-order valence-corrected chi connectivity index (χ1v) is 8.05.